The van der Waals surface area contributed by atoms with Gasteiger partial charge in [-0.25, -0.2) is 4.98 Å². The third-order valence-electron chi connectivity index (χ3n) is 5.02. The number of aromatic nitrogens is 2. The molecule has 0 unspecified atom stereocenters. The molecule has 28 heavy (non-hydrogen) atoms. The van der Waals surface area contributed by atoms with Crippen LogP contribution in [0.5, 0.6) is 0 Å². The van der Waals surface area contributed by atoms with Gasteiger partial charge in [-0.2, -0.15) is 0 Å². The molecular formula is C22H30N4O2. The predicted octanol–water partition coefficient (Wildman–Crippen LogP) is 3.86. The highest BCUT2D eigenvalue weighted by atomic mass is 16.2. The second-order valence-corrected chi connectivity index (χ2v) is 8.11. The number of carbonyl (C=O) groups excluding carboxylic acids is 2. The lowest BCUT2D eigenvalue weighted by Crippen LogP contribution is -2.27. The van der Waals surface area contributed by atoms with E-state index in [0.717, 1.165) is 54.7 Å². The lowest BCUT2D eigenvalue weighted by molar-refractivity contribution is 0.0946. The number of amides is 2. The lowest BCUT2D eigenvalue weighted by Gasteiger charge is -2.17. The fourth-order valence-corrected chi connectivity index (χ4v) is 3.69. The van der Waals surface area contributed by atoms with Gasteiger partial charge in [0.15, 0.2) is 5.82 Å². The summed E-state index contributed by atoms with van der Waals surface area (Å²) < 4.78 is 1.92. The van der Waals surface area contributed by atoms with Gasteiger partial charge in [0, 0.05) is 18.8 Å². The maximum absolute atomic E-state index is 12.9. The van der Waals surface area contributed by atoms with E-state index in [1.54, 1.807) is 0 Å². The van der Waals surface area contributed by atoms with Crippen molar-refractivity contribution in [3.05, 3.63) is 46.5 Å². The summed E-state index contributed by atoms with van der Waals surface area (Å²) in [5.41, 5.74) is 4.20. The molecule has 0 fully saturated rings. The zero-order chi connectivity index (χ0) is 20.3. The Morgan fingerprint density at radius 1 is 1.11 bits per heavy atom. The van der Waals surface area contributed by atoms with Gasteiger partial charge in [0.2, 0.25) is 0 Å². The maximum Gasteiger partial charge on any atom is 0.291 e. The zero-order valence-corrected chi connectivity index (χ0v) is 17.3. The summed E-state index contributed by atoms with van der Waals surface area (Å²) in [7, 11) is 0. The quantitative estimate of drug-likeness (QED) is 0.796. The summed E-state index contributed by atoms with van der Waals surface area (Å²) in [6, 6.07) is 5.93. The number of nitrogens with one attached hydrogen (secondary N) is 2. The van der Waals surface area contributed by atoms with E-state index >= 15 is 0 Å². The van der Waals surface area contributed by atoms with Gasteiger partial charge in [-0.3, -0.25) is 9.59 Å². The number of aryl methyl sites for hydroxylation is 2. The first kappa shape index (κ1) is 20.1. The van der Waals surface area contributed by atoms with Crippen LogP contribution in [-0.2, 0) is 13.0 Å². The van der Waals surface area contributed by atoms with Crippen molar-refractivity contribution in [2.24, 2.45) is 5.92 Å². The first-order chi connectivity index (χ1) is 13.3. The molecule has 0 atom stereocenters. The molecule has 1 aromatic carbocycles. The van der Waals surface area contributed by atoms with Crippen molar-refractivity contribution >= 4 is 17.5 Å². The number of rotatable bonds is 6. The molecule has 1 aliphatic heterocycles. The van der Waals surface area contributed by atoms with E-state index in [-0.39, 0.29) is 11.8 Å². The molecule has 0 saturated carbocycles. The standard InChI is InChI=1S/C22H30N4O2/c1-14(2)8-9-23-21(27)19-18-7-5-6-10-26(18)20(25-19)22(28)24-17-12-15(3)11-16(4)13-17/h11-14H,5-10H2,1-4H3,(H,23,27)(H,24,28). The van der Waals surface area contributed by atoms with Gasteiger partial charge in [-0.1, -0.05) is 19.9 Å². The molecule has 1 aromatic heterocycles. The van der Waals surface area contributed by atoms with E-state index in [4.69, 9.17) is 0 Å². The maximum atomic E-state index is 12.9. The highest BCUT2D eigenvalue weighted by molar-refractivity contribution is 6.03. The van der Waals surface area contributed by atoms with Crippen molar-refractivity contribution in [1.82, 2.24) is 14.9 Å². The summed E-state index contributed by atoms with van der Waals surface area (Å²) in [6.45, 7) is 9.59. The molecule has 3 rings (SSSR count). The molecule has 0 spiro atoms. The molecule has 2 heterocycles. The van der Waals surface area contributed by atoms with Crippen molar-refractivity contribution in [2.45, 2.75) is 59.9 Å². The molecule has 6 heteroatoms. The Kier molecular flexibility index (Phi) is 6.17. The number of hydrogen-bond donors (Lipinski definition) is 2. The Morgan fingerprint density at radius 2 is 1.82 bits per heavy atom. The molecule has 2 aromatic rings. The smallest absolute Gasteiger partial charge is 0.291 e. The summed E-state index contributed by atoms with van der Waals surface area (Å²) in [4.78, 5) is 30.1. The number of imidazole rings is 1. The van der Waals surface area contributed by atoms with Crippen LogP contribution in [0.25, 0.3) is 0 Å². The van der Waals surface area contributed by atoms with Crippen molar-refractivity contribution in [3.63, 3.8) is 0 Å². The number of benzene rings is 1. The average Bonchev–Trinajstić information content (AvgIpc) is 3.00. The SMILES string of the molecule is Cc1cc(C)cc(NC(=O)c2nc(C(=O)NCCC(C)C)c3n2CCCC3)c1. The van der Waals surface area contributed by atoms with E-state index in [1.807, 2.05) is 30.5 Å². The van der Waals surface area contributed by atoms with Gasteiger partial charge in [0.05, 0.1) is 5.69 Å². The molecule has 6 nitrogen and oxygen atoms in total. The summed E-state index contributed by atoms with van der Waals surface area (Å²) in [5.74, 6) is 0.393. The Bertz CT molecular complexity index is 863. The summed E-state index contributed by atoms with van der Waals surface area (Å²) in [6.07, 6.45) is 3.69. The molecule has 1 aliphatic rings. The van der Waals surface area contributed by atoms with Crippen LogP contribution in [0.15, 0.2) is 18.2 Å². The Hall–Kier alpha value is -2.63. The second kappa shape index (κ2) is 8.59. The zero-order valence-electron chi connectivity index (χ0n) is 17.3. The van der Waals surface area contributed by atoms with Crippen LogP contribution < -0.4 is 10.6 Å². The lowest BCUT2D eigenvalue weighted by atomic mass is 10.1. The van der Waals surface area contributed by atoms with Crippen LogP contribution in [0.2, 0.25) is 0 Å². The van der Waals surface area contributed by atoms with Crippen LogP contribution in [-0.4, -0.2) is 27.9 Å². The molecular weight excluding hydrogens is 352 g/mol. The van der Waals surface area contributed by atoms with Gasteiger partial charge in [0.1, 0.15) is 5.69 Å². The van der Waals surface area contributed by atoms with E-state index in [9.17, 15) is 9.59 Å². The van der Waals surface area contributed by atoms with Crippen LogP contribution in [0.3, 0.4) is 0 Å². The van der Waals surface area contributed by atoms with Crippen molar-refractivity contribution in [3.8, 4) is 0 Å². The molecule has 150 valence electrons. The van der Waals surface area contributed by atoms with Gasteiger partial charge in [-0.15, -0.1) is 0 Å². The van der Waals surface area contributed by atoms with Crippen LogP contribution >= 0.6 is 0 Å². The van der Waals surface area contributed by atoms with Crippen LogP contribution in [0.1, 0.15) is 71.0 Å². The molecule has 0 saturated heterocycles. The van der Waals surface area contributed by atoms with Gasteiger partial charge < -0.3 is 15.2 Å². The number of hydrogen-bond acceptors (Lipinski definition) is 3. The van der Waals surface area contributed by atoms with Crippen molar-refractivity contribution in [1.29, 1.82) is 0 Å². The third kappa shape index (κ3) is 4.61. The Balaban J connectivity index is 1.83. The van der Waals surface area contributed by atoms with Crippen LogP contribution in [0.4, 0.5) is 5.69 Å². The van der Waals surface area contributed by atoms with E-state index in [0.29, 0.717) is 24.0 Å². The first-order valence-corrected chi connectivity index (χ1v) is 10.1. The average molecular weight is 383 g/mol. The Morgan fingerprint density at radius 3 is 2.50 bits per heavy atom. The number of anilines is 1. The van der Waals surface area contributed by atoms with Gasteiger partial charge >= 0.3 is 0 Å². The van der Waals surface area contributed by atoms with Crippen LogP contribution in [0, 0.1) is 19.8 Å². The van der Waals surface area contributed by atoms with Crippen molar-refractivity contribution in [2.75, 3.05) is 11.9 Å². The van der Waals surface area contributed by atoms with E-state index in [2.05, 4.69) is 35.5 Å². The van der Waals surface area contributed by atoms with E-state index in [1.165, 1.54) is 0 Å². The third-order valence-corrected chi connectivity index (χ3v) is 5.02. The van der Waals surface area contributed by atoms with Gasteiger partial charge in [0.25, 0.3) is 11.8 Å². The molecule has 0 aliphatic carbocycles. The first-order valence-electron chi connectivity index (χ1n) is 10.1. The second-order valence-electron chi connectivity index (χ2n) is 8.11. The monoisotopic (exact) mass is 382 g/mol. The van der Waals surface area contributed by atoms with Crippen molar-refractivity contribution < 1.29 is 9.59 Å². The Labute approximate surface area is 166 Å². The fraction of sp³-hybridized carbons (Fsp3) is 0.500. The molecule has 0 radical (unpaired) electrons. The number of nitrogens with zero attached hydrogens (tertiary/aromatic N) is 2. The molecule has 0 bridgehead atoms. The fourth-order valence-electron chi connectivity index (χ4n) is 3.69. The normalized spacial score (nSPS) is 13.3. The summed E-state index contributed by atoms with van der Waals surface area (Å²) >= 11 is 0. The number of carbonyl (C=O) groups is 2. The van der Waals surface area contributed by atoms with Gasteiger partial charge in [-0.05, 0) is 68.7 Å². The number of fused-ring (bicyclic) bond motifs is 1. The summed E-state index contributed by atoms with van der Waals surface area (Å²) in [5, 5.41) is 5.90. The highest BCUT2D eigenvalue weighted by Crippen LogP contribution is 2.22. The topological polar surface area (TPSA) is 76.0 Å². The minimum absolute atomic E-state index is 0.184. The largest absolute Gasteiger partial charge is 0.351 e. The molecule has 2 N–H and O–H groups in total. The highest BCUT2D eigenvalue weighted by Gasteiger charge is 2.27. The minimum atomic E-state index is -0.269. The predicted molar refractivity (Wildman–Crippen MR) is 111 cm³/mol. The minimum Gasteiger partial charge on any atom is -0.351 e. The van der Waals surface area contributed by atoms with E-state index < -0.39 is 0 Å². The molecule has 2 amide bonds.